The van der Waals surface area contributed by atoms with Crippen molar-refractivity contribution >= 4 is 33.4 Å². The summed E-state index contributed by atoms with van der Waals surface area (Å²) in [7, 11) is -3.61. The highest BCUT2D eigenvalue weighted by Crippen LogP contribution is 2.28. The second kappa shape index (κ2) is 9.03. The number of amides is 1. The van der Waals surface area contributed by atoms with E-state index < -0.39 is 10.0 Å². The Morgan fingerprint density at radius 1 is 1.12 bits per heavy atom. The molecule has 2 aromatic carbocycles. The molecule has 0 atom stereocenters. The number of hydrogen-bond acceptors (Lipinski definition) is 4. The van der Waals surface area contributed by atoms with Crippen LogP contribution in [-0.4, -0.2) is 27.1 Å². The SMILES string of the molecule is CSc1ccc(S(=O)(=O)NCCCc2ccccc2)cc1NC(C)=O. The second-order valence-electron chi connectivity index (χ2n) is 5.53. The predicted octanol–water partition coefficient (Wildman–Crippen LogP) is 3.28. The lowest BCUT2D eigenvalue weighted by molar-refractivity contribution is -0.114. The molecule has 25 heavy (non-hydrogen) atoms. The van der Waals surface area contributed by atoms with E-state index in [-0.39, 0.29) is 10.8 Å². The van der Waals surface area contributed by atoms with Gasteiger partial charge in [0, 0.05) is 18.4 Å². The molecule has 0 aliphatic heterocycles. The maximum Gasteiger partial charge on any atom is 0.240 e. The molecule has 0 saturated heterocycles. The zero-order valence-electron chi connectivity index (χ0n) is 14.3. The lowest BCUT2D eigenvalue weighted by Gasteiger charge is -2.12. The highest BCUT2D eigenvalue weighted by molar-refractivity contribution is 7.98. The molecular weight excluding hydrogens is 356 g/mol. The molecule has 0 radical (unpaired) electrons. The first-order chi connectivity index (χ1) is 11.9. The topological polar surface area (TPSA) is 75.3 Å². The summed E-state index contributed by atoms with van der Waals surface area (Å²) in [4.78, 5) is 12.3. The normalized spacial score (nSPS) is 11.3. The molecule has 1 amide bonds. The first kappa shape index (κ1) is 19.5. The molecule has 0 aliphatic carbocycles. The summed E-state index contributed by atoms with van der Waals surface area (Å²) < 4.78 is 27.5. The van der Waals surface area contributed by atoms with Crippen LogP contribution in [0.3, 0.4) is 0 Å². The van der Waals surface area contributed by atoms with E-state index in [2.05, 4.69) is 10.0 Å². The molecule has 0 fully saturated rings. The van der Waals surface area contributed by atoms with Crippen LogP contribution in [0.2, 0.25) is 0 Å². The molecule has 0 unspecified atom stereocenters. The Morgan fingerprint density at radius 3 is 2.48 bits per heavy atom. The van der Waals surface area contributed by atoms with E-state index in [1.165, 1.54) is 30.3 Å². The second-order valence-corrected chi connectivity index (χ2v) is 8.15. The first-order valence-corrected chi connectivity index (χ1v) is 10.6. The molecule has 5 nitrogen and oxygen atoms in total. The minimum atomic E-state index is -3.61. The molecule has 2 aromatic rings. The van der Waals surface area contributed by atoms with E-state index in [9.17, 15) is 13.2 Å². The van der Waals surface area contributed by atoms with Gasteiger partial charge in [-0.3, -0.25) is 4.79 Å². The van der Waals surface area contributed by atoms with E-state index in [4.69, 9.17) is 0 Å². The van der Waals surface area contributed by atoms with Gasteiger partial charge in [0.05, 0.1) is 10.6 Å². The molecular formula is C18H22N2O3S2. The number of carbonyl (C=O) groups excluding carboxylic acids is 1. The summed E-state index contributed by atoms with van der Waals surface area (Å²) >= 11 is 1.45. The summed E-state index contributed by atoms with van der Waals surface area (Å²) in [5, 5.41) is 2.67. The van der Waals surface area contributed by atoms with Gasteiger partial charge in [0.1, 0.15) is 0 Å². The van der Waals surface area contributed by atoms with Gasteiger partial charge in [0.25, 0.3) is 0 Å². The Bertz CT molecular complexity index is 821. The zero-order chi connectivity index (χ0) is 18.3. The molecule has 0 saturated carbocycles. The number of thioether (sulfide) groups is 1. The van der Waals surface area contributed by atoms with Crippen molar-refractivity contribution in [3.8, 4) is 0 Å². The number of carbonyl (C=O) groups is 1. The average molecular weight is 379 g/mol. The highest BCUT2D eigenvalue weighted by atomic mass is 32.2. The molecule has 0 bridgehead atoms. The highest BCUT2D eigenvalue weighted by Gasteiger charge is 2.16. The Balaban J connectivity index is 2.02. The van der Waals surface area contributed by atoms with Crippen LogP contribution in [-0.2, 0) is 21.2 Å². The molecule has 7 heteroatoms. The molecule has 2 N–H and O–H groups in total. The van der Waals surface area contributed by atoms with Gasteiger partial charge in [-0.1, -0.05) is 30.3 Å². The van der Waals surface area contributed by atoms with E-state index >= 15 is 0 Å². The number of sulfonamides is 1. The minimum absolute atomic E-state index is 0.147. The Kier molecular flexibility index (Phi) is 7.04. The lowest BCUT2D eigenvalue weighted by atomic mass is 10.1. The third-order valence-electron chi connectivity index (χ3n) is 3.57. The molecule has 2 rings (SSSR count). The van der Waals surface area contributed by atoms with Gasteiger partial charge in [0.2, 0.25) is 15.9 Å². The molecule has 0 spiro atoms. The van der Waals surface area contributed by atoms with Crippen molar-refractivity contribution < 1.29 is 13.2 Å². The largest absolute Gasteiger partial charge is 0.325 e. The number of nitrogens with one attached hydrogen (secondary N) is 2. The van der Waals surface area contributed by atoms with Crippen molar-refractivity contribution in [1.29, 1.82) is 0 Å². The minimum Gasteiger partial charge on any atom is -0.325 e. The van der Waals surface area contributed by atoms with Crippen molar-refractivity contribution in [3.05, 3.63) is 54.1 Å². The number of hydrogen-bond donors (Lipinski definition) is 2. The van der Waals surface area contributed by atoms with Crippen LogP contribution >= 0.6 is 11.8 Å². The molecule has 0 aromatic heterocycles. The summed E-state index contributed by atoms with van der Waals surface area (Å²) in [6.07, 6.45) is 3.40. The van der Waals surface area contributed by atoms with Gasteiger partial charge in [-0.15, -0.1) is 11.8 Å². The van der Waals surface area contributed by atoms with E-state index in [0.717, 1.165) is 11.3 Å². The van der Waals surface area contributed by atoms with Gasteiger partial charge in [-0.05, 0) is 42.9 Å². The zero-order valence-corrected chi connectivity index (χ0v) is 15.9. The monoisotopic (exact) mass is 378 g/mol. The van der Waals surface area contributed by atoms with Gasteiger partial charge in [-0.2, -0.15) is 0 Å². The first-order valence-electron chi connectivity index (χ1n) is 7.91. The molecule has 134 valence electrons. The van der Waals surface area contributed by atoms with Crippen LogP contribution in [0.5, 0.6) is 0 Å². The number of benzene rings is 2. The van der Waals surface area contributed by atoms with E-state index in [1.54, 1.807) is 12.1 Å². The fraction of sp³-hybridized carbons (Fsp3) is 0.278. The van der Waals surface area contributed by atoms with Gasteiger partial charge < -0.3 is 5.32 Å². The maximum atomic E-state index is 12.5. The Hall–Kier alpha value is -1.83. The van der Waals surface area contributed by atoms with Crippen molar-refractivity contribution in [2.45, 2.75) is 29.6 Å². The third kappa shape index (κ3) is 5.88. The number of anilines is 1. The van der Waals surface area contributed by atoms with Crippen LogP contribution in [0.15, 0.2) is 58.3 Å². The Labute approximate surface area is 153 Å². The van der Waals surface area contributed by atoms with Crippen molar-refractivity contribution in [2.75, 3.05) is 18.1 Å². The lowest BCUT2D eigenvalue weighted by Crippen LogP contribution is -2.25. The van der Waals surface area contributed by atoms with Crippen LogP contribution in [0.4, 0.5) is 5.69 Å². The van der Waals surface area contributed by atoms with E-state index in [1.807, 2.05) is 36.6 Å². The van der Waals surface area contributed by atoms with Crippen LogP contribution < -0.4 is 10.0 Å². The fourth-order valence-electron chi connectivity index (χ4n) is 2.37. The van der Waals surface area contributed by atoms with E-state index in [0.29, 0.717) is 18.7 Å². The van der Waals surface area contributed by atoms with Gasteiger partial charge in [-0.25, -0.2) is 13.1 Å². The summed E-state index contributed by atoms with van der Waals surface area (Å²) in [6, 6.07) is 14.7. The molecule has 0 aliphatic rings. The summed E-state index contributed by atoms with van der Waals surface area (Å²) in [5.41, 5.74) is 1.69. The average Bonchev–Trinajstić information content (AvgIpc) is 2.59. The van der Waals surface area contributed by atoms with Crippen LogP contribution in [0, 0.1) is 0 Å². The third-order valence-corrected chi connectivity index (χ3v) is 5.82. The van der Waals surface area contributed by atoms with Crippen molar-refractivity contribution in [3.63, 3.8) is 0 Å². The van der Waals surface area contributed by atoms with Crippen LogP contribution in [0.25, 0.3) is 0 Å². The number of rotatable bonds is 8. The summed E-state index contributed by atoms with van der Waals surface area (Å²) in [6.45, 7) is 1.75. The number of aryl methyl sites for hydroxylation is 1. The fourth-order valence-corrected chi connectivity index (χ4v) is 4.00. The smallest absolute Gasteiger partial charge is 0.240 e. The van der Waals surface area contributed by atoms with Crippen LogP contribution in [0.1, 0.15) is 18.9 Å². The summed E-state index contributed by atoms with van der Waals surface area (Å²) in [5.74, 6) is -0.235. The standard InChI is InChI=1S/C18H22N2O3S2/c1-14(21)20-17-13-16(10-11-18(17)24-2)25(22,23)19-12-6-9-15-7-4-3-5-8-15/h3-5,7-8,10-11,13,19H,6,9,12H2,1-2H3,(H,20,21). The van der Waals surface area contributed by atoms with Gasteiger partial charge >= 0.3 is 0 Å². The Morgan fingerprint density at radius 2 is 1.84 bits per heavy atom. The van der Waals surface area contributed by atoms with Crippen molar-refractivity contribution in [1.82, 2.24) is 4.72 Å². The predicted molar refractivity (Wildman–Crippen MR) is 102 cm³/mol. The quantitative estimate of drug-likeness (QED) is 0.546. The van der Waals surface area contributed by atoms with Gasteiger partial charge in [0.15, 0.2) is 0 Å². The molecule has 0 heterocycles. The maximum absolute atomic E-state index is 12.5. The van der Waals surface area contributed by atoms with Crippen molar-refractivity contribution in [2.24, 2.45) is 0 Å².